The molecule has 3 fully saturated rings. The maximum Gasteiger partial charge on any atom is 0.433 e. The second kappa shape index (κ2) is 9.55. The summed E-state index contributed by atoms with van der Waals surface area (Å²) in [5.41, 5.74) is 0.808. The fourth-order valence-corrected chi connectivity index (χ4v) is 6.24. The summed E-state index contributed by atoms with van der Waals surface area (Å²) in [7, 11) is 0. The van der Waals surface area contributed by atoms with E-state index in [-0.39, 0.29) is 17.8 Å². The van der Waals surface area contributed by atoms with Crippen LogP contribution in [0.5, 0.6) is 0 Å². The fraction of sp³-hybridized carbons (Fsp3) is 0.536. The van der Waals surface area contributed by atoms with Gasteiger partial charge < -0.3 is 15.0 Å². The summed E-state index contributed by atoms with van der Waals surface area (Å²) in [6.07, 6.45) is 2.99. The van der Waals surface area contributed by atoms with E-state index in [1.54, 1.807) is 0 Å². The topological polar surface area (TPSA) is 72.3 Å². The minimum absolute atomic E-state index is 0.137. The first-order chi connectivity index (χ1) is 18.2. The Kier molecular flexibility index (Phi) is 6.32. The molecule has 38 heavy (non-hydrogen) atoms. The third-order valence-electron chi connectivity index (χ3n) is 8.43. The van der Waals surface area contributed by atoms with Gasteiger partial charge in [-0.2, -0.15) is 18.3 Å². The van der Waals surface area contributed by atoms with Gasteiger partial charge in [0.2, 0.25) is 0 Å². The number of anilines is 2. The molecule has 6 rings (SSSR count). The number of halogens is 3. The molecule has 202 valence electrons. The Morgan fingerprint density at radius 2 is 1.92 bits per heavy atom. The zero-order valence-electron chi connectivity index (χ0n) is 21.5. The molecule has 0 radical (unpaired) electrons. The van der Waals surface area contributed by atoms with Crippen molar-refractivity contribution in [3.8, 4) is 0 Å². The molecular weight excluding hydrogens is 495 g/mol. The summed E-state index contributed by atoms with van der Waals surface area (Å²) in [5.74, 6) is 0.756. The second-order valence-electron chi connectivity index (χ2n) is 11.2. The smallest absolute Gasteiger partial charge is 0.374 e. The van der Waals surface area contributed by atoms with Crippen LogP contribution < -0.4 is 10.2 Å². The molecule has 2 bridgehead atoms. The van der Waals surface area contributed by atoms with Gasteiger partial charge in [-0.15, -0.1) is 0 Å². The van der Waals surface area contributed by atoms with Gasteiger partial charge in [-0.05, 0) is 68.2 Å². The Bertz CT molecular complexity index is 1350. The number of fused-ring (bicyclic) bond motifs is 3. The molecule has 0 spiro atoms. The SMILES string of the molecule is CC(C)[C@H]1CC[C@H](n2cc3cc(NC(=O)c4cccc(C(F)(F)F)n4)c(N4C[C@@H]5C[C@H]4CO5)cc3n2)CC1. The Morgan fingerprint density at radius 1 is 1.13 bits per heavy atom. The lowest BCUT2D eigenvalue weighted by atomic mass is 9.80. The number of pyridine rings is 1. The first-order valence-corrected chi connectivity index (χ1v) is 13.4. The Hall–Kier alpha value is -3.14. The average molecular weight is 528 g/mol. The molecule has 4 heterocycles. The number of nitrogens with one attached hydrogen (secondary N) is 1. The highest BCUT2D eigenvalue weighted by Crippen LogP contribution is 2.40. The normalized spacial score (nSPS) is 25.5. The lowest BCUT2D eigenvalue weighted by Gasteiger charge is -2.31. The largest absolute Gasteiger partial charge is 0.433 e. The molecule has 3 aromatic rings. The zero-order chi connectivity index (χ0) is 26.6. The predicted octanol–water partition coefficient (Wildman–Crippen LogP) is 6.07. The van der Waals surface area contributed by atoms with Crippen LogP contribution in [0.15, 0.2) is 36.5 Å². The summed E-state index contributed by atoms with van der Waals surface area (Å²) in [5, 5.41) is 8.66. The first kappa shape index (κ1) is 25.2. The number of hydrogen-bond acceptors (Lipinski definition) is 5. The first-order valence-electron chi connectivity index (χ1n) is 13.4. The molecular formula is C28H32F3N5O2. The molecule has 10 heteroatoms. The van der Waals surface area contributed by atoms with Gasteiger partial charge in [0.15, 0.2) is 0 Å². The van der Waals surface area contributed by atoms with E-state index >= 15 is 0 Å². The number of nitrogens with zero attached hydrogens (tertiary/aromatic N) is 4. The Labute approximate surface area is 219 Å². The van der Waals surface area contributed by atoms with E-state index in [0.29, 0.717) is 30.8 Å². The van der Waals surface area contributed by atoms with Crippen molar-refractivity contribution in [1.82, 2.24) is 14.8 Å². The highest BCUT2D eigenvalue weighted by atomic mass is 19.4. The van der Waals surface area contributed by atoms with Crippen LogP contribution in [0, 0.1) is 11.8 Å². The van der Waals surface area contributed by atoms with Gasteiger partial charge in [0.25, 0.3) is 5.91 Å². The van der Waals surface area contributed by atoms with E-state index in [0.717, 1.165) is 47.8 Å². The van der Waals surface area contributed by atoms with Crippen molar-refractivity contribution in [3.05, 3.63) is 47.9 Å². The summed E-state index contributed by atoms with van der Waals surface area (Å²) in [6, 6.07) is 7.74. The van der Waals surface area contributed by atoms with E-state index in [9.17, 15) is 18.0 Å². The van der Waals surface area contributed by atoms with Crippen molar-refractivity contribution in [1.29, 1.82) is 0 Å². The lowest BCUT2D eigenvalue weighted by Crippen LogP contribution is -2.37. The Balaban J connectivity index is 1.32. The van der Waals surface area contributed by atoms with Crippen LogP contribution in [-0.4, -0.2) is 46.0 Å². The third-order valence-corrected chi connectivity index (χ3v) is 8.43. The van der Waals surface area contributed by atoms with Gasteiger partial charge in [-0.1, -0.05) is 19.9 Å². The summed E-state index contributed by atoms with van der Waals surface area (Å²) in [6.45, 7) is 5.88. The maximum atomic E-state index is 13.2. The third kappa shape index (κ3) is 4.74. The molecule has 2 saturated heterocycles. The fourth-order valence-electron chi connectivity index (χ4n) is 6.24. The van der Waals surface area contributed by atoms with Crippen LogP contribution in [0.4, 0.5) is 24.5 Å². The molecule has 1 aliphatic carbocycles. The number of alkyl halides is 3. The van der Waals surface area contributed by atoms with Crippen molar-refractivity contribution >= 4 is 28.2 Å². The van der Waals surface area contributed by atoms with Crippen LogP contribution in [0.2, 0.25) is 0 Å². The number of hydrogen-bond donors (Lipinski definition) is 1. The highest BCUT2D eigenvalue weighted by Gasteiger charge is 2.40. The summed E-state index contributed by atoms with van der Waals surface area (Å²) < 4.78 is 47.4. The highest BCUT2D eigenvalue weighted by molar-refractivity contribution is 6.06. The minimum Gasteiger partial charge on any atom is -0.374 e. The van der Waals surface area contributed by atoms with E-state index < -0.39 is 17.8 Å². The number of morpholine rings is 1. The molecule has 1 aromatic carbocycles. The molecule has 2 atom stereocenters. The number of amides is 1. The molecule has 1 saturated carbocycles. The number of aromatic nitrogens is 3. The number of rotatable bonds is 5. The predicted molar refractivity (Wildman–Crippen MR) is 138 cm³/mol. The van der Waals surface area contributed by atoms with Crippen molar-refractivity contribution in [2.24, 2.45) is 11.8 Å². The quantitative estimate of drug-likeness (QED) is 0.436. The molecule has 0 unspecified atom stereocenters. The molecule has 2 aromatic heterocycles. The number of carbonyl (C=O) groups excluding carboxylic acids is 1. The van der Waals surface area contributed by atoms with Gasteiger partial charge in [0.05, 0.1) is 41.7 Å². The van der Waals surface area contributed by atoms with Crippen molar-refractivity contribution in [3.63, 3.8) is 0 Å². The molecule has 2 aliphatic heterocycles. The van der Waals surface area contributed by atoms with E-state index in [2.05, 4.69) is 33.7 Å². The monoisotopic (exact) mass is 527 g/mol. The van der Waals surface area contributed by atoms with Crippen molar-refractivity contribution in [2.45, 2.75) is 70.3 Å². The van der Waals surface area contributed by atoms with Gasteiger partial charge in [0.1, 0.15) is 11.4 Å². The van der Waals surface area contributed by atoms with E-state index in [1.165, 1.54) is 25.0 Å². The molecule has 1 amide bonds. The zero-order valence-corrected chi connectivity index (χ0v) is 21.5. The van der Waals surface area contributed by atoms with Crippen molar-refractivity contribution < 1.29 is 22.7 Å². The van der Waals surface area contributed by atoms with Gasteiger partial charge in [-0.3, -0.25) is 9.48 Å². The number of benzene rings is 1. The molecule has 3 aliphatic rings. The minimum atomic E-state index is -4.63. The van der Waals surface area contributed by atoms with E-state index in [4.69, 9.17) is 9.84 Å². The number of carbonyl (C=O) groups is 1. The lowest BCUT2D eigenvalue weighted by molar-refractivity contribution is -0.141. The van der Waals surface area contributed by atoms with Gasteiger partial charge in [0, 0.05) is 18.1 Å². The van der Waals surface area contributed by atoms with E-state index in [1.807, 2.05) is 18.3 Å². The van der Waals surface area contributed by atoms with Crippen molar-refractivity contribution in [2.75, 3.05) is 23.4 Å². The van der Waals surface area contributed by atoms with Crippen LogP contribution in [0.25, 0.3) is 10.9 Å². The maximum absolute atomic E-state index is 13.2. The summed E-state index contributed by atoms with van der Waals surface area (Å²) >= 11 is 0. The van der Waals surface area contributed by atoms with Crippen LogP contribution in [-0.2, 0) is 10.9 Å². The standard InChI is InChI=1S/C28H32F3N5O2/c1-16(2)17-6-8-19(9-7-17)36-13-18-10-24(33-27(37)22-4-3-5-26(32-22)28(29,30)31)25(12-23(18)34-36)35-14-21-11-20(35)15-38-21/h3-5,10,12-13,16-17,19-21H,6-9,11,14-15H2,1-2H3,(H,33,37)/t17-,19-,20-,21-/m0/s1. The van der Waals surface area contributed by atoms with Gasteiger partial charge in [-0.25, -0.2) is 4.98 Å². The molecule has 7 nitrogen and oxygen atoms in total. The molecule has 1 N–H and O–H groups in total. The number of ether oxygens (including phenoxy) is 1. The Morgan fingerprint density at radius 3 is 2.58 bits per heavy atom. The summed E-state index contributed by atoms with van der Waals surface area (Å²) in [4.78, 5) is 18.9. The second-order valence-corrected chi connectivity index (χ2v) is 11.2. The van der Waals surface area contributed by atoms with Gasteiger partial charge >= 0.3 is 6.18 Å². The van der Waals surface area contributed by atoms with Crippen LogP contribution >= 0.6 is 0 Å². The van der Waals surface area contributed by atoms with Crippen LogP contribution in [0.3, 0.4) is 0 Å². The van der Waals surface area contributed by atoms with Crippen LogP contribution in [0.1, 0.15) is 68.2 Å². The average Bonchev–Trinajstić information content (AvgIpc) is 3.63.